The lowest BCUT2D eigenvalue weighted by Gasteiger charge is -2.17. The standard InChI is InChI=1S/C8H13ClN2O3S/c1-5(15(3,13)14)8(12)7-6(9)4-10-11(7)2/h4-5,8,12H,1-3H3. The van der Waals surface area contributed by atoms with Crippen LogP contribution in [-0.4, -0.2) is 34.8 Å². The Bertz CT molecular complexity index is 435. The molecule has 0 fully saturated rings. The van der Waals surface area contributed by atoms with Crippen LogP contribution in [0.3, 0.4) is 0 Å². The number of sulfone groups is 1. The van der Waals surface area contributed by atoms with E-state index in [1.807, 2.05) is 0 Å². The van der Waals surface area contributed by atoms with Gasteiger partial charge in [0.2, 0.25) is 0 Å². The third-order valence-electron chi connectivity index (χ3n) is 2.34. The molecule has 0 aliphatic heterocycles. The average Bonchev–Trinajstić information content (AvgIpc) is 2.42. The Morgan fingerprint density at radius 2 is 2.13 bits per heavy atom. The van der Waals surface area contributed by atoms with Crippen molar-refractivity contribution in [1.29, 1.82) is 0 Å². The van der Waals surface area contributed by atoms with Gasteiger partial charge in [0, 0.05) is 13.3 Å². The molecule has 7 heteroatoms. The Hall–Kier alpha value is -0.590. The van der Waals surface area contributed by atoms with Crippen LogP contribution in [0, 0.1) is 0 Å². The fourth-order valence-electron chi connectivity index (χ4n) is 1.21. The summed E-state index contributed by atoms with van der Waals surface area (Å²) in [5.41, 5.74) is 0.314. The zero-order valence-electron chi connectivity index (χ0n) is 8.68. The van der Waals surface area contributed by atoms with Crippen molar-refractivity contribution in [2.75, 3.05) is 6.26 Å². The second-order valence-electron chi connectivity index (χ2n) is 3.48. The highest BCUT2D eigenvalue weighted by molar-refractivity contribution is 7.91. The zero-order valence-corrected chi connectivity index (χ0v) is 10.2. The van der Waals surface area contributed by atoms with Crippen LogP contribution in [0.5, 0.6) is 0 Å². The molecule has 0 saturated heterocycles. The highest BCUT2D eigenvalue weighted by Crippen LogP contribution is 2.27. The quantitative estimate of drug-likeness (QED) is 0.852. The van der Waals surface area contributed by atoms with Gasteiger partial charge in [-0.1, -0.05) is 11.6 Å². The molecule has 0 radical (unpaired) electrons. The van der Waals surface area contributed by atoms with Gasteiger partial charge in [-0.15, -0.1) is 0 Å². The van der Waals surface area contributed by atoms with Gasteiger partial charge in [-0.2, -0.15) is 5.10 Å². The van der Waals surface area contributed by atoms with Crippen molar-refractivity contribution >= 4 is 21.4 Å². The van der Waals surface area contributed by atoms with E-state index in [9.17, 15) is 13.5 Å². The Morgan fingerprint density at radius 3 is 2.47 bits per heavy atom. The molecular formula is C8H13ClN2O3S. The van der Waals surface area contributed by atoms with Crippen LogP contribution in [-0.2, 0) is 16.9 Å². The average molecular weight is 253 g/mol. The molecule has 15 heavy (non-hydrogen) atoms. The molecule has 0 spiro atoms. The minimum Gasteiger partial charge on any atom is -0.385 e. The van der Waals surface area contributed by atoms with Gasteiger partial charge in [-0.25, -0.2) is 8.42 Å². The summed E-state index contributed by atoms with van der Waals surface area (Å²) in [6.07, 6.45) is 1.28. The van der Waals surface area contributed by atoms with E-state index in [0.717, 1.165) is 6.26 Å². The van der Waals surface area contributed by atoms with Gasteiger partial charge in [0.05, 0.1) is 22.2 Å². The maximum atomic E-state index is 11.3. The number of aryl methyl sites for hydroxylation is 1. The number of aromatic nitrogens is 2. The highest BCUT2D eigenvalue weighted by atomic mass is 35.5. The van der Waals surface area contributed by atoms with E-state index in [1.54, 1.807) is 7.05 Å². The van der Waals surface area contributed by atoms with E-state index in [4.69, 9.17) is 11.6 Å². The first kappa shape index (κ1) is 12.5. The van der Waals surface area contributed by atoms with Crippen molar-refractivity contribution in [1.82, 2.24) is 9.78 Å². The summed E-state index contributed by atoms with van der Waals surface area (Å²) in [6.45, 7) is 1.43. The lowest BCUT2D eigenvalue weighted by atomic mass is 10.2. The topological polar surface area (TPSA) is 72.2 Å². The maximum Gasteiger partial charge on any atom is 0.152 e. The van der Waals surface area contributed by atoms with Crippen molar-refractivity contribution < 1.29 is 13.5 Å². The lowest BCUT2D eigenvalue weighted by Crippen LogP contribution is -2.26. The fourth-order valence-corrected chi connectivity index (χ4v) is 2.08. The molecule has 1 aromatic heterocycles. The van der Waals surface area contributed by atoms with Crippen LogP contribution in [0.25, 0.3) is 0 Å². The summed E-state index contributed by atoms with van der Waals surface area (Å²) in [5, 5.41) is 13.0. The SMILES string of the molecule is CC(C(O)c1c(Cl)cnn1C)S(C)(=O)=O. The summed E-state index contributed by atoms with van der Waals surface area (Å²) in [4.78, 5) is 0. The number of rotatable bonds is 3. The third-order valence-corrected chi connectivity index (χ3v) is 4.24. The van der Waals surface area contributed by atoms with Crippen molar-refractivity contribution in [3.63, 3.8) is 0 Å². The van der Waals surface area contributed by atoms with Gasteiger partial charge in [-0.3, -0.25) is 4.68 Å². The van der Waals surface area contributed by atoms with Crippen LogP contribution in [0.2, 0.25) is 5.02 Å². The zero-order chi connectivity index (χ0) is 11.8. The minimum atomic E-state index is -3.31. The molecule has 2 atom stereocenters. The Kier molecular flexibility index (Phi) is 3.42. The first-order chi connectivity index (χ1) is 6.75. The van der Waals surface area contributed by atoms with E-state index in [0.29, 0.717) is 5.69 Å². The van der Waals surface area contributed by atoms with Crippen molar-refractivity contribution in [3.8, 4) is 0 Å². The summed E-state index contributed by atoms with van der Waals surface area (Å²) in [6, 6.07) is 0. The van der Waals surface area contributed by atoms with E-state index in [2.05, 4.69) is 5.10 Å². The molecule has 0 aliphatic carbocycles. The summed E-state index contributed by atoms with van der Waals surface area (Å²) < 4.78 is 23.9. The number of hydrogen-bond donors (Lipinski definition) is 1. The van der Waals surface area contributed by atoms with Crippen LogP contribution in [0.1, 0.15) is 18.7 Å². The van der Waals surface area contributed by atoms with Gasteiger partial charge in [0.1, 0.15) is 6.10 Å². The summed E-state index contributed by atoms with van der Waals surface area (Å²) in [5.74, 6) is 0. The molecule has 0 bridgehead atoms. The molecular weight excluding hydrogens is 240 g/mol. The van der Waals surface area contributed by atoms with E-state index in [1.165, 1.54) is 17.8 Å². The number of hydrogen-bond acceptors (Lipinski definition) is 4. The molecule has 0 aromatic carbocycles. The molecule has 0 saturated carbocycles. The molecule has 2 unspecified atom stereocenters. The fraction of sp³-hybridized carbons (Fsp3) is 0.625. The van der Waals surface area contributed by atoms with Crippen molar-refractivity contribution in [2.24, 2.45) is 7.05 Å². The normalized spacial score (nSPS) is 16.3. The van der Waals surface area contributed by atoms with Gasteiger partial charge >= 0.3 is 0 Å². The Morgan fingerprint density at radius 1 is 1.60 bits per heavy atom. The molecule has 1 aromatic rings. The predicted octanol–water partition coefficient (Wildman–Crippen LogP) is 0.540. The Labute approximate surface area is 93.6 Å². The number of halogens is 1. The molecule has 1 N–H and O–H groups in total. The molecule has 86 valence electrons. The van der Waals surface area contributed by atoms with Gasteiger partial charge in [-0.05, 0) is 6.92 Å². The van der Waals surface area contributed by atoms with Gasteiger partial charge in [0.25, 0.3) is 0 Å². The number of aliphatic hydroxyl groups excluding tert-OH is 1. The van der Waals surface area contributed by atoms with Crippen LogP contribution in [0.15, 0.2) is 6.20 Å². The number of aliphatic hydroxyl groups is 1. The monoisotopic (exact) mass is 252 g/mol. The smallest absolute Gasteiger partial charge is 0.152 e. The molecule has 1 heterocycles. The van der Waals surface area contributed by atoms with Crippen LogP contribution >= 0.6 is 11.6 Å². The predicted molar refractivity (Wildman–Crippen MR) is 57.5 cm³/mol. The number of nitrogens with zero attached hydrogens (tertiary/aromatic N) is 2. The van der Waals surface area contributed by atoms with Crippen molar-refractivity contribution in [2.45, 2.75) is 18.3 Å². The molecule has 1 rings (SSSR count). The second kappa shape index (κ2) is 4.11. The molecule has 5 nitrogen and oxygen atoms in total. The van der Waals surface area contributed by atoms with E-state index < -0.39 is 21.2 Å². The van der Waals surface area contributed by atoms with E-state index >= 15 is 0 Å². The largest absolute Gasteiger partial charge is 0.385 e. The molecule has 0 amide bonds. The first-order valence-electron chi connectivity index (χ1n) is 4.29. The molecule has 0 aliphatic rings. The highest BCUT2D eigenvalue weighted by Gasteiger charge is 2.29. The third kappa shape index (κ3) is 2.50. The Balaban J connectivity index is 3.10. The van der Waals surface area contributed by atoms with Crippen LogP contribution in [0.4, 0.5) is 0 Å². The minimum absolute atomic E-state index is 0.264. The van der Waals surface area contributed by atoms with Gasteiger partial charge in [0.15, 0.2) is 9.84 Å². The van der Waals surface area contributed by atoms with Gasteiger partial charge < -0.3 is 5.11 Å². The van der Waals surface area contributed by atoms with Crippen molar-refractivity contribution in [3.05, 3.63) is 16.9 Å². The lowest BCUT2D eigenvalue weighted by molar-refractivity contribution is 0.166. The second-order valence-corrected chi connectivity index (χ2v) is 6.29. The van der Waals surface area contributed by atoms with E-state index in [-0.39, 0.29) is 5.02 Å². The summed E-state index contributed by atoms with van der Waals surface area (Å²) in [7, 11) is -1.71. The first-order valence-corrected chi connectivity index (χ1v) is 6.62. The maximum absolute atomic E-state index is 11.3. The van der Waals surface area contributed by atoms with Crippen LogP contribution < -0.4 is 0 Å². The summed E-state index contributed by atoms with van der Waals surface area (Å²) >= 11 is 5.80.